The van der Waals surface area contributed by atoms with Crippen LogP contribution in [0.1, 0.15) is 32.6 Å². The van der Waals surface area contributed by atoms with Crippen molar-refractivity contribution >= 4 is 22.6 Å². The number of rotatable bonds is 7. The lowest BCUT2D eigenvalue weighted by molar-refractivity contribution is -0.136. The predicted molar refractivity (Wildman–Crippen MR) is 142 cm³/mol. The minimum absolute atomic E-state index is 0.0919. The van der Waals surface area contributed by atoms with Crippen LogP contribution in [0.5, 0.6) is 0 Å². The van der Waals surface area contributed by atoms with E-state index in [2.05, 4.69) is 10.3 Å². The molecule has 1 aromatic heterocycles. The number of pyridine rings is 1. The van der Waals surface area contributed by atoms with Crippen LogP contribution in [0.15, 0.2) is 103 Å². The zero-order chi connectivity index (χ0) is 26.7. The zero-order valence-electron chi connectivity index (χ0n) is 20.2. The first-order valence-electron chi connectivity index (χ1n) is 12.0. The molecule has 0 aliphatic rings. The van der Waals surface area contributed by atoms with Gasteiger partial charge in [0, 0.05) is 23.8 Å². The summed E-state index contributed by atoms with van der Waals surface area (Å²) in [4.78, 5) is 15.8. The third kappa shape index (κ3) is 5.22. The van der Waals surface area contributed by atoms with Gasteiger partial charge in [0.05, 0.1) is 16.6 Å². The van der Waals surface area contributed by atoms with Crippen molar-refractivity contribution in [3.63, 3.8) is 0 Å². The van der Waals surface area contributed by atoms with Gasteiger partial charge in [-0.1, -0.05) is 72.8 Å². The molecule has 0 unspecified atom stereocenters. The predicted octanol–water partition coefficient (Wildman–Crippen LogP) is 7.82. The van der Waals surface area contributed by atoms with Crippen molar-refractivity contribution in [2.75, 3.05) is 5.32 Å². The zero-order valence-corrected chi connectivity index (χ0v) is 20.2. The van der Waals surface area contributed by atoms with Crippen molar-refractivity contribution in [3.05, 3.63) is 131 Å². The maximum absolute atomic E-state index is 13.8. The van der Waals surface area contributed by atoms with Gasteiger partial charge in [-0.3, -0.25) is 4.98 Å². The average molecular weight is 513 g/mol. The Balaban J connectivity index is 1.60. The summed E-state index contributed by atoms with van der Waals surface area (Å²) in [5.74, 6) is -1.03. The second-order valence-electron chi connectivity index (χ2n) is 8.92. The van der Waals surface area contributed by atoms with Gasteiger partial charge < -0.3 is 10.4 Å². The van der Waals surface area contributed by atoms with Gasteiger partial charge in [0.15, 0.2) is 0 Å². The normalized spacial score (nSPS) is 11.4. The molecule has 0 radical (unpaired) electrons. The van der Waals surface area contributed by atoms with E-state index in [0.717, 1.165) is 28.3 Å². The van der Waals surface area contributed by atoms with E-state index in [1.165, 1.54) is 18.3 Å². The van der Waals surface area contributed by atoms with Crippen molar-refractivity contribution in [2.45, 2.75) is 19.1 Å². The summed E-state index contributed by atoms with van der Waals surface area (Å²) >= 11 is 0. The Morgan fingerprint density at radius 3 is 2.32 bits per heavy atom. The molecule has 4 aromatic carbocycles. The first-order valence-corrected chi connectivity index (χ1v) is 12.0. The largest absolute Gasteiger partial charge is 0.478 e. The molecule has 0 amide bonds. The lowest BCUT2D eigenvalue weighted by atomic mass is 9.91. The van der Waals surface area contributed by atoms with Crippen molar-refractivity contribution in [2.24, 2.45) is 0 Å². The van der Waals surface area contributed by atoms with E-state index in [9.17, 15) is 23.1 Å². The molecule has 38 heavy (non-hydrogen) atoms. The summed E-state index contributed by atoms with van der Waals surface area (Å²) < 4.78 is 41.5. The fraction of sp³-hybridized carbons (Fsp3) is 0.0968. The number of carbonyl (C=O) groups is 1. The molecule has 0 saturated heterocycles. The maximum Gasteiger partial charge on any atom is 0.418 e. The molecule has 0 spiro atoms. The number of alkyl halides is 3. The molecule has 190 valence electrons. The number of nitrogens with one attached hydrogen (secondary N) is 1. The van der Waals surface area contributed by atoms with Gasteiger partial charge in [-0.05, 0) is 58.5 Å². The molecular weight excluding hydrogens is 489 g/mol. The van der Waals surface area contributed by atoms with E-state index in [4.69, 9.17) is 0 Å². The Morgan fingerprint density at radius 2 is 1.55 bits per heavy atom. The highest BCUT2D eigenvalue weighted by Gasteiger charge is 2.33. The molecule has 5 rings (SSSR count). The number of carboxylic acids is 1. The van der Waals surface area contributed by atoms with Crippen LogP contribution in [0.3, 0.4) is 0 Å². The Labute approximate surface area is 217 Å². The Morgan fingerprint density at radius 1 is 0.842 bits per heavy atom. The van der Waals surface area contributed by atoms with Gasteiger partial charge in [0.1, 0.15) is 0 Å². The fourth-order valence-electron chi connectivity index (χ4n) is 4.64. The number of halogens is 3. The summed E-state index contributed by atoms with van der Waals surface area (Å²) in [6, 6.07) is 28.0. The maximum atomic E-state index is 13.8. The van der Waals surface area contributed by atoms with Crippen molar-refractivity contribution in [3.8, 4) is 11.1 Å². The molecule has 0 atom stereocenters. The Hall–Kier alpha value is -4.65. The average Bonchev–Trinajstić information content (AvgIpc) is 2.91. The minimum atomic E-state index is -4.53. The number of nitrogens with zero attached hydrogens (tertiary/aromatic N) is 1. The number of hydrogen-bond donors (Lipinski definition) is 2. The topological polar surface area (TPSA) is 62.2 Å². The molecule has 0 saturated carbocycles. The van der Waals surface area contributed by atoms with Crippen molar-refractivity contribution in [1.82, 2.24) is 4.98 Å². The van der Waals surface area contributed by atoms with E-state index in [-0.39, 0.29) is 11.1 Å². The summed E-state index contributed by atoms with van der Waals surface area (Å²) in [6.45, 7) is 0.336. The van der Waals surface area contributed by atoms with Crippen molar-refractivity contribution in [1.29, 1.82) is 0 Å². The molecule has 4 nitrogen and oxygen atoms in total. The minimum Gasteiger partial charge on any atom is -0.478 e. The van der Waals surface area contributed by atoms with E-state index in [0.29, 0.717) is 29.6 Å². The fourth-order valence-corrected chi connectivity index (χ4v) is 4.64. The van der Waals surface area contributed by atoms with Crippen LogP contribution in [0, 0.1) is 0 Å². The van der Waals surface area contributed by atoms with Crippen LogP contribution in [-0.2, 0) is 19.1 Å². The van der Waals surface area contributed by atoms with Gasteiger partial charge >= 0.3 is 12.1 Å². The van der Waals surface area contributed by atoms with Gasteiger partial charge in [0.2, 0.25) is 0 Å². The first kappa shape index (κ1) is 25.0. The third-order valence-electron chi connectivity index (χ3n) is 6.37. The number of benzene rings is 4. The number of hydrogen-bond acceptors (Lipinski definition) is 3. The van der Waals surface area contributed by atoms with Crippen LogP contribution in [-0.4, -0.2) is 16.1 Å². The molecular formula is C31H23F3N2O2. The van der Waals surface area contributed by atoms with Crippen LogP contribution in [0.2, 0.25) is 0 Å². The van der Waals surface area contributed by atoms with E-state index >= 15 is 0 Å². The van der Waals surface area contributed by atoms with E-state index in [1.54, 1.807) is 24.3 Å². The molecule has 0 aliphatic heterocycles. The second-order valence-corrected chi connectivity index (χ2v) is 8.92. The number of aromatic nitrogens is 1. The van der Waals surface area contributed by atoms with E-state index < -0.39 is 17.7 Å². The first-order chi connectivity index (χ1) is 18.3. The van der Waals surface area contributed by atoms with Crippen LogP contribution in [0.4, 0.5) is 18.9 Å². The second kappa shape index (κ2) is 10.4. The summed E-state index contributed by atoms with van der Waals surface area (Å²) in [5, 5.41) is 13.1. The molecule has 7 heteroatoms. The molecule has 5 aromatic rings. The van der Waals surface area contributed by atoms with Crippen LogP contribution in [0.25, 0.3) is 22.0 Å². The number of anilines is 1. The van der Waals surface area contributed by atoms with Gasteiger partial charge in [-0.15, -0.1) is 0 Å². The van der Waals surface area contributed by atoms with Crippen LogP contribution < -0.4 is 5.32 Å². The summed E-state index contributed by atoms with van der Waals surface area (Å²) in [5.41, 5.74) is 3.91. The van der Waals surface area contributed by atoms with Crippen molar-refractivity contribution < 1.29 is 23.1 Å². The standard InChI is InChI=1S/C31H23F3N2O2/c32-31(33,34)26-14-7-13-25-28(23(19-36-29(25)26)16-20-8-2-1-3-9-20)22-11-6-10-21(17-22)18-35-27-15-5-4-12-24(27)30(37)38/h1-15,17,19,35H,16,18H2,(H,37,38). The quantitative estimate of drug-likeness (QED) is 0.233. The lowest BCUT2D eigenvalue weighted by Crippen LogP contribution is -2.08. The molecule has 0 fully saturated rings. The van der Waals surface area contributed by atoms with Crippen LogP contribution >= 0.6 is 0 Å². The SMILES string of the molecule is O=C(O)c1ccccc1NCc1cccc(-c2c(Cc3ccccc3)cnc3c(C(F)(F)F)cccc23)c1. The van der Waals surface area contributed by atoms with Gasteiger partial charge in [0.25, 0.3) is 0 Å². The highest BCUT2D eigenvalue weighted by Crippen LogP contribution is 2.39. The number of fused-ring (bicyclic) bond motifs is 1. The monoisotopic (exact) mass is 512 g/mol. The number of para-hydroxylation sites is 2. The Kier molecular flexibility index (Phi) is 6.83. The molecule has 0 aliphatic carbocycles. The molecule has 2 N–H and O–H groups in total. The lowest BCUT2D eigenvalue weighted by Gasteiger charge is -2.17. The summed E-state index contributed by atoms with van der Waals surface area (Å²) in [6.07, 6.45) is -2.49. The third-order valence-corrected chi connectivity index (χ3v) is 6.37. The highest BCUT2D eigenvalue weighted by atomic mass is 19.4. The molecule has 0 bridgehead atoms. The Bertz CT molecular complexity index is 1620. The van der Waals surface area contributed by atoms with Gasteiger partial charge in [-0.2, -0.15) is 13.2 Å². The summed E-state index contributed by atoms with van der Waals surface area (Å²) in [7, 11) is 0. The molecule has 1 heterocycles. The van der Waals surface area contributed by atoms with Gasteiger partial charge in [-0.25, -0.2) is 4.79 Å². The highest BCUT2D eigenvalue weighted by molar-refractivity contribution is 5.98. The smallest absolute Gasteiger partial charge is 0.418 e. The number of carboxylic acid groups (broad SMARTS) is 1. The van der Waals surface area contributed by atoms with E-state index in [1.807, 2.05) is 54.6 Å². The number of aromatic carboxylic acids is 1.